The van der Waals surface area contributed by atoms with Crippen LogP contribution in [0.2, 0.25) is 0 Å². The molecule has 1 aromatic carbocycles. The molecular weight excluding hydrogens is 311 g/mol. The highest BCUT2D eigenvalue weighted by Crippen LogP contribution is 2.19. The van der Waals surface area contributed by atoms with Crippen molar-refractivity contribution in [3.05, 3.63) is 28.5 Å². The molecule has 1 aromatic rings. The molecule has 5 heteroatoms. The maximum atomic E-state index is 13.6. The van der Waals surface area contributed by atoms with E-state index in [0.29, 0.717) is 17.1 Å². The predicted octanol–water partition coefficient (Wildman–Crippen LogP) is 1.98. The summed E-state index contributed by atoms with van der Waals surface area (Å²) in [5.74, 6) is -0.533. The maximum Gasteiger partial charge on any atom is 0.279 e. The highest BCUT2D eigenvalue weighted by molar-refractivity contribution is 9.10. The van der Waals surface area contributed by atoms with Crippen LogP contribution >= 0.6 is 15.9 Å². The molecule has 3 nitrogen and oxygen atoms in total. The van der Waals surface area contributed by atoms with Crippen molar-refractivity contribution < 1.29 is 14.1 Å². The lowest BCUT2D eigenvalue weighted by molar-refractivity contribution is -0.920. The fourth-order valence-corrected chi connectivity index (χ4v) is 2.84. The van der Waals surface area contributed by atoms with Crippen LogP contribution < -0.4 is 10.2 Å². The molecule has 0 radical (unpaired) electrons. The summed E-state index contributed by atoms with van der Waals surface area (Å²) in [5, 5.41) is 2.65. The molecule has 0 saturated carbocycles. The first-order valence-corrected chi connectivity index (χ1v) is 7.45. The number of carbonyl (C=O) groups is 1. The van der Waals surface area contributed by atoms with Gasteiger partial charge in [0.1, 0.15) is 5.82 Å². The van der Waals surface area contributed by atoms with Crippen molar-refractivity contribution in [1.82, 2.24) is 0 Å². The van der Waals surface area contributed by atoms with E-state index in [1.807, 2.05) is 0 Å². The van der Waals surface area contributed by atoms with E-state index in [1.54, 1.807) is 12.1 Å². The van der Waals surface area contributed by atoms with Crippen LogP contribution in [0.4, 0.5) is 10.1 Å². The van der Waals surface area contributed by atoms with Crippen LogP contribution in [0.25, 0.3) is 0 Å². The molecular formula is C14H19BrFN2O+. The maximum absolute atomic E-state index is 13.6. The minimum absolute atomic E-state index is 0.120. The molecule has 0 aromatic heterocycles. The SMILES string of the molecule is C[C@@H]1CCCC[NH+]1CC(=O)Nc1ccc(Br)cc1F. The number of rotatable bonds is 3. The van der Waals surface area contributed by atoms with Crippen molar-refractivity contribution in [1.29, 1.82) is 0 Å². The highest BCUT2D eigenvalue weighted by Gasteiger charge is 2.24. The molecule has 104 valence electrons. The third kappa shape index (κ3) is 4.01. The van der Waals surface area contributed by atoms with Gasteiger partial charge in [-0.05, 0) is 44.4 Å². The van der Waals surface area contributed by atoms with Crippen molar-refractivity contribution in [3.8, 4) is 0 Å². The van der Waals surface area contributed by atoms with Gasteiger partial charge in [-0.25, -0.2) is 4.39 Å². The van der Waals surface area contributed by atoms with Gasteiger partial charge in [0.05, 0.1) is 18.3 Å². The molecule has 1 fully saturated rings. The Morgan fingerprint density at radius 3 is 3.00 bits per heavy atom. The van der Waals surface area contributed by atoms with Gasteiger partial charge in [-0.1, -0.05) is 15.9 Å². The smallest absolute Gasteiger partial charge is 0.279 e. The highest BCUT2D eigenvalue weighted by atomic mass is 79.9. The third-order valence-electron chi connectivity index (χ3n) is 3.67. The fourth-order valence-electron chi connectivity index (χ4n) is 2.51. The Morgan fingerprint density at radius 2 is 2.32 bits per heavy atom. The summed E-state index contributed by atoms with van der Waals surface area (Å²) in [6, 6.07) is 5.15. The van der Waals surface area contributed by atoms with Gasteiger partial charge in [0.15, 0.2) is 6.54 Å². The summed E-state index contributed by atoms with van der Waals surface area (Å²) in [5.41, 5.74) is 0.247. The number of piperidine rings is 1. The van der Waals surface area contributed by atoms with E-state index in [0.717, 1.165) is 13.0 Å². The normalized spacial score (nSPS) is 23.1. The van der Waals surface area contributed by atoms with Crippen molar-refractivity contribution >= 4 is 27.5 Å². The van der Waals surface area contributed by atoms with Gasteiger partial charge in [-0.15, -0.1) is 0 Å². The summed E-state index contributed by atoms with van der Waals surface area (Å²) in [6.45, 7) is 3.61. The lowest BCUT2D eigenvalue weighted by atomic mass is 10.0. The number of benzene rings is 1. The molecule has 2 rings (SSSR count). The second kappa shape index (κ2) is 6.48. The largest absolute Gasteiger partial charge is 0.325 e. The van der Waals surface area contributed by atoms with E-state index in [4.69, 9.17) is 0 Å². The zero-order valence-corrected chi connectivity index (χ0v) is 12.6. The predicted molar refractivity (Wildman–Crippen MR) is 76.7 cm³/mol. The number of carbonyl (C=O) groups excluding carboxylic acids is 1. The Morgan fingerprint density at radius 1 is 1.53 bits per heavy atom. The fraction of sp³-hybridized carbons (Fsp3) is 0.500. The molecule has 0 aliphatic carbocycles. The Bertz CT molecular complexity index is 467. The van der Waals surface area contributed by atoms with Gasteiger partial charge < -0.3 is 10.2 Å². The number of halogens is 2. The minimum atomic E-state index is -0.413. The lowest BCUT2D eigenvalue weighted by Gasteiger charge is -2.29. The van der Waals surface area contributed by atoms with Crippen molar-refractivity contribution in [2.75, 3.05) is 18.4 Å². The van der Waals surface area contributed by atoms with Crippen LogP contribution in [0, 0.1) is 5.82 Å². The van der Waals surface area contributed by atoms with E-state index in [1.165, 1.54) is 23.8 Å². The van der Waals surface area contributed by atoms with Gasteiger partial charge >= 0.3 is 0 Å². The van der Waals surface area contributed by atoms with Gasteiger partial charge in [-0.3, -0.25) is 4.79 Å². The third-order valence-corrected chi connectivity index (χ3v) is 4.17. The molecule has 0 spiro atoms. The zero-order chi connectivity index (χ0) is 13.8. The first-order chi connectivity index (χ1) is 9.06. The average Bonchev–Trinajstić information content (AvgIpc) is 2.36. The summed E-state index contributed by atoms with van der Waals surface area (Å²) in [7, 11) is 0. The Kier molecular flexibility index (Phi) is 4.93. The van der Waals surface area contributed by atoms with Gasteiger partial charge in [0, 0.05) is 4.47 Å². The van der Waals surface area contributed by atoms with Crippen LogP contribution in [0.1, 0.15) is 26.2 Å². The summed E-state index contributed by atoms with van der Waals surface area (Å²) in [6.07, 6.45) is 3.57. The van der Waals surface area contributed by atoms with E-state index in [-0.39, 0.29) is 11.6 Å². The van der Waals surface area contributed by atoms with Gasteiger partial charge in [-0.2, -0.15) is 0 Å². The van der Waals surface area contributed by atoms with Crippen LogP contribution in [0.15, 0.2) is 22.7 Å². The molecule has 1 amide bonds. The molecule has 2 N–H and O–H groups in total. The monoisotopic (exact) mass is 329 g/mol. The first kappa shape index (κ1) is 14.5. The van der Waals surface area contributed by atoms with E-state index in [2.05, 4.69) is 28.2 Å². The van der Waals surface area contributed by atoms with Gasteiger partial charge in [0.2, 0.25) is 0 Å². The molecule has 1 aliphatic heterocycles. The number of hydrogen-bond acceptors (Lipinski definition) is 1. The zero-order valence-electron chi connectivity index (χ0n) is 11.0. The number of quaternary nitrogens is 1. The van der Waals surface area contributed by atoms with Crippen LogP contribution in [0.5, 0.6) is 0 Å². The van der Waals surface area contributed by atoms with E-state index in [9.17, 15) is 9.18 Å². The molecule has 2 atom stereocenters. The minimum Gasteiger partial charge on any atom is -0.325 e. The number of hydrogen-bond donors (Lipinski definition) is 2. The van der Waals surface area contributed by atoms with Crippen LogP contribution in [-0.2, 0) is 4.79 Å². The van der Waals surface area contributed by atoms with Crippen molar-refractivity contribution in [3.63, 3.8) is 0 Å². The molecule has 1 heterocycles. The molecule has 19 heavy (non-hydrogen) atoms. The number of amides is 1. The molecule has 1 unspecified atom stereocenters. The number of nitrogens with one attached hydrogen (secondary N) is 2. The Hall–Kier alpha value is -0.940. The topological polar surface area (TPSA) is 33.5 Å². The van der Waals surface area contributed by atoms with E-state index >= 15 is 0 Å². The second-order valence-electron chi connectivity index (χ2n) is 5.15. The second-order valence-corrected chi connectivity index (χ2v) is 6.07. The van der Waals surface area contributed by atoms with Crippen LogP contribution in [0.3, 0.4) is 0 Å². The number of likely N-dealkylation sites (tertiary alicyclic amines) is 1. The summed E-state index contributed by atoms with van der Waals surface area (Å²) < 4.78 is 14.3. The summed E-state index contributed by atoms with van der Waals surface area (Å²) in [4.78, 5) is 13.2. The average molecular weight is 330 g/mol. The standard InChI is InChI=1S/C14H18BrFN2O/c1-10-4-2-3-7-18(10)9-14(19)17-13-6-5-11(15)8-12(13)16/h5-6,8,10H,2-4,7,9H2,1H3,(H,17,19)/p+1/t10-/m1/s1. The van der Waals surface area contributed by atoms with E-state index < -0.39 is 5.82 Å². The van der Waals surface area contributed by atoms with Crippen molar-refractivity contribution in [2.24, 2.45) is 0 Å². The van der Waals surface area contributed by atoms with Gasteiger partial charge in [0.25, 0.3) is 5.91 Å². The van der Waals surface area contributed by atoms with Crippen LogP contribution in [-0.4, -0.2) is 25.0 Å². The lowest BCUT2D eigenvalue weighted by Crippen LogP contribution is -3.17. The quantitative estimate of drug-likeness (QED) is 0.873. The number of anilines is 1. The Balaban J connectivity index is 1.93. The molecule has 1 saturated heterocycles. The Labute approximate surface area is 121 Å². The summed E-state index contributed by atoms with van der Waals surface area (Å²) >= 11 is 3.19. The molecule has 1 aliphatic rings. The first-order valence-electron chi connectivity index (χ1n) is 6.66. The molecule has 0 bridgehead atoms. The van der Waals surface area contributed by atoms with Crippen molar-refractivity contribution in [2.45, 2.75) is 32.2 Å².